The van der Waals surface area contributed by atoms with E-state index in [1.165, 1.54) is 19.4 Å². The Morgan fingerprint density at radius 3 is 2.46 bits per heavy atom. The Morgan fingerprint density at radius 2 is 1.93 bits per heavy atom. The Hall–Kier alpha value is -2.58. The Bertz CT molecular complexity index is 1190. The van der Waals surface area contributed by atoms with Crippen LogP contribution >= 0.6 is 11.6 Å². The topological polar surface area (TPSA) is 104 Å². The van der Waals surface area contributed by atoms with E-state index in [0.29, 0.717) is 16.9 Å². The standard InChI is InChI=1S/C19H20ClN3O4S/c1-19(2,3)28(25,26)16-10-23-14(9-22-17(23)8-15(16)27-4)11-5-6-12(18(21)24)13(20)7-11/h5-10H,1-4H3,(H2,21,24). The second-order valence-electron chi connectivity index (χ2n) is 7.25. The van der Waals surface area contributed by atoms with Crippen LogP contribution in [0.4, 0.5) is 0 Å². The van der Waals surface area contributed by atoms with Gasteiger partial charge in [0.25, 0.3) is 0 Å². The van der Waals surface area contributed by atoms with E-state index in [1.807, 2.05) is 0 Å². The predicted molar refractivity (Wildman–Crippen MR) is 108 cm³/mol. The largest absolute Gasteiger partial charge is 0.495 e. The molecule has 0 atom stereocenters. The molecule has 0 saturated carbocycles. The number of carbonyl (C=O) groups is 1. The van der Waals surface area contributed by atoms with E-state index >= 15 is 0 Å². The highest BCUT2D eigenvalue weighted by atomic mass is 35.5. The van der Waals surface area contributed by atoms with Crippen LogP contribution in [0.25, 0.3) is 16.9 Å². The fourth-order valence-electron chi connectivity index (χ4n) is 2.77. The van der Waals surface area contributed by atoms with Gasteiger partial charge in [-0.15, -0.1) is 0 Å². The quantitative estimate of drug-likeness (QED) is 0.695. The molecule has 0 aliphatic carbocycles. The van der Waals surface area contributed by atoms with Crippen molar-refractivity contribution < 1.29 is 17.9 Å². The van der Waals surface area contributed by atoms with Crippen LogP contribution < -0.4 is 10.5 Å². The highest BCUT2D eigenvalue weighted by molar-refractivity contribution is 7.92. The van der Waals surface area contributed by atoms with Gasteiger partial charge in [-0.2, -0.15) is 0 Å². The van der Waals surface area contributed by atoms with E-state index < -0.39 is 20.5 Å². The summed E-state index contributed by atoms with van der Waals surface area (Å²) in [4.78, 5) is 15.8. The Balaban J connectivity index is 2.27. The highest BCUT2D eigenvalue weighted by Gasteiger charge is 2.34. The molecule has 0 spiro atoms. The van der Waals surface area contributed by atoms with E-state index in [4.69, 9.17) is 22.1 Å². The van der Waals surface area contributed by atoms with Crippen LogP contribution in [0.15, 0.2) is 41.6 Å². The van der Waals surface area contributed by atoms with Crippen molar-refractivity contribution in [3.05, 3.63) is 47.2 Å². The SMILES string of the molecule is COc1cc2ncc(-c3ccc(C(N)=O)c(Cl)c3)n2cc1S(=O)(=O)C(C)(C)C. The maximum absolute atomic E-state index is 13.0. The number of benzene rings is 1. The first kappa shape index (κ1) is 20.2. The molecule has 3 rings (SSSR count). The fraction of sp³-hybridized carbons (Fsp3) is 0.263. The van der Waals surface area contributed by atoms with Crippen molar-refractivity contribution in [1.82, 2.24) is 9.38 Å². The zero-order valence-electron chi connectivity index (χ0n) is 15.9. The van der Waals surface area contributed by atoms with Crippen LogP contribution in [0.2, 0.25) is 5.02 Å². The molecule has 9 heteroatoms. The van der Waals surface area contributed by atoms with Crippen LogP contribution in [0.1, 0.15) is 31.1 Å². The van der Waals surface area contributed by atoms with Crippen molar-refractivity contribution in [3.8, 4) is 17.0 Å². The Kier molecular flexibility index (Phi) is 4.89. The number of nitrogens with zero attached hydrogens (tertiary/aromatic N) is 2. The number of amides is 1. The molecule has 0 fully saturated rings. The zero-order chi connectivity index (χ0) is 20.9. The third kappa shape index (κ3) is 3.22. The second-order valence-corrected chi connectivity index (χ2v) is 10.3. The molecule has 7 nitrogen and oxygen atoms in total. The van der Waals surface area contributed by atoms with Gasteiger partial charge in [0.05, 0.1) is 34.3 Å². The average molecular weight is 422 g/mol. The maximum Gasteiger partial charge on any atom is 0.250 e. The third-order valence-electron chi connectivity index (χ3n) is 4.42. The number of hydrogen-bond acceptors (Lipinski definition) is 5. The molecule has 3 aromatic rings. The van der Waals surface area contributed by atoms with Gasteiger partial charge in [-0.05, 0) is 32.9 Å². The van der Waals surface area contributed by atoms with Gasteiger partial charge >= 0.3 is 0 Å². The second kappa shape index (κ2) is 6.79. The Morgan fingerprint density at radius 1 is 1.25 bits per heavy atom. The lowest BCUT2D eigenvalue weighted by atomic mass is 10.1. The third-order valence-corrected chi connectivity index (χ3v) is 7.23. The van der Waals surface area contributed by atoms with Crippen molar-refractivity contribution in [1.29, 1.82) is 0 Å². The van der Waals surface area contributed by atoms with Gasteiger partial charge in [-0.25, -0.2) is 13.4 Å². The number of sulfone groups is 1. The number of fused-ring (bicyclic) bond motifs is 1. The number of imidazole rings is 1. The minimum Gasteiger partial charge on any atom is -0.495 e. The lowest BCUT2D eigenvalue weighted by Gasteiger charge is -2.21. The molecule has 2 N–H and O–H groups in total. The molecule has 1 amide bonds. The first-order chi connectivity index (χ1) is 13.0. The number of rotatable bonds is 4. The summed E-state index contributed by atoms with van der Waals surface area (Å²) >= 11 is 6.16. The number of aromatic nitrogens is 2. The summed E-state index contributed by atoms with van der Waals surface area (Å²) < 4.78 is 32.0. The number of methoxy groups -OCH3 is 1. The lowest BCUT2D eigenvalue weighted by molar-refractivity contribution is 0.100. The molecular formula is C19H20ClN3O4S. The summed E-state index contributed by atoms with van der Waals surface area (Å²) in [6.45, 7) is 4.88. The summed E-state index contributed by atoms with van der Waals surface area (Å²) in [6.07, 6.45) is 3.09. The van der Waals surface area contributed by atoms with E-state index in [9.17, 15) is 13.2 Å². The van der Waals surface area contributed by atoms with Crippen molar-refractivity contribution in [2.45, 2.75) is 30.4 Å². The summed E-state index contributed by atoms with van der Waals surface area (Å²) in [5, 5.41) is 0.205. The number of pyridine rings is 1. The monoisotopic (exact) mass is 421 g/mol. The normalized spacial score (nSPS) is 12.3. The van der Waals surface area contributed by atoms with Gasteiger partial charge in [0.2, 0.25) is 5.91 Å². The molecule has 28 heavy (non-hydrogen) atoms. The number of halogens is 1. The van der Waals surface area contributed by atoms with Gasteiger partial charge in [0.1, 0.15) is 16.3 Å². The molecular weight excluding hydrogens is 402 g/mol. The minimum absolute atomic E-state index is 0.0640. The predicted octanol–water partition coefficient (Wildman–Crippen LogP) is 3.33. The highest BCUT2D eigenvalue weighted by Crippen LogP contribution is 2.34. The van der Waals surface area contributed by atoms with Crippen LogP contribution in [0.3, 0.4) is 0 Å². The molecule has 1 aromatic carbocycles. The zero-order valence-corrected chi connectivity index (χ0v) is 17.4. The number of ether oxygens (including phenoxy) is 1. The Labute approximate surface area is 168 Å². The number of nitrogens with two attached hydrogens (primary N) is 1. The smallest absolute Gasteiger partial charge is 0.250 e. The maximum atomic E-state index is 13.0. The van der Waals surface area contributed by atoms with Gasteiger partial charge in [-0.1, -0.05) is 17.7 Å². The van der Waals surface area contributed by atoms with Crippen LogP contribution in [-0.4, -0.2) is 35.6 Å². The van der Waals surface area contributed by atoms with Crippen molar-refractivity contribution in [3.63, 3.8) is 0 Å². The molecule has 2 aromatic heterocycles. The summed E-state index contributed by atoms with van der Waals surface area (Å²) in [6, 6.07) is 6.36. The van der Waals surface area contributed by atoms with Gasteiger partial charge in [-0.3, -0.25) is 9.20 Å². The molecule has 0 bridgehead atoms. The molecule has 0 saturated heterocycles. The first-order valence-electron chi connectivity index (χ1n) is 8.37. The van der Waals surface area contributed by atoms with E-state index in [2.05, 4.69) is 4.98 Å². The van der Waals surface area contributed by atoms with Gasteiger partial charge < -0.3 is 10.5 Å². The van der Waals surface area contributed by atoms with Crippen LogP contribution in [0, 0.1) is 0 Å². The molecule has 0 unspecified atom stereocenters. The fourth-order valence-corrected chi connectivity index (χ4v) is 4.35. The lowest BCUT2D eigenvalue weighted by Crippen LogP contribution is -2.28. The number of carbonyl (C=O) groups excluding carboxylic acids is 1. The van der Waals surface area contributed by atoms with Crippen molar-refractivity contribution in [2.75, 3.05) is 7.11 Å². The van der Waals surface area contributed by atoms with Gasteiger partial charge in [0.15, 0.2) is 9.84 Å². The number of primary amides is 1. The van der Waals surface area contributed by atoms with E-state index in [1.54, 1.807) is 49.6 Å². The summed E-state index contributed by atoms with van der Waals surface area (Å²) in [7, 11) is -2.26. The number of hydrogen-bond donors (Lipinski definition) is 1. The minimum atomic E-state index is -3.67. The molecule has 2 heterocycles. The summed E-state index contributed by atoms with van der Waals surface area (Å²) in [5.74, 6) is -0.403. The summed E-state index contributed by atoms with van der Waals surface area (Å²) in [5.41, 5.74) is 7.28. The van der Waals surface area contributed by atoms with Gasteiger partial charge in [0, 0.05) is 17.8 Å². The molecule has 0 radical (unpaired) electrons. The molecule has 0 aliphatic heterocycles. The molecule has 148 valence electrons. The van der Waals surface area contributed by atoms with Crippen LogP contribution in [0.5, 0.6) is 5.75 Å². The van der Waals surface area contributed by atoms with Crippen LogP contribution in [-0.2, 0) is 9.84 Å². The average Bonchev–Trinajstić information content (AvgIpc) is 3.02. The molecule has 0 aliphatic rings. The van der Waals surface area contributed by atoms with Crippen molar-refractivity contribution in [2.24, 2.45) is 5.73 Å². The van der Waals surface area contributed by atoms with E-state index in [0.717, 1.165) is 0 Å². The van der Waals surface area contributed by atoms with Crippen molar-refractivity contribution >= 4 is 33.0 Å². The first-order valence-corrected chi connectivity index (χ1v) is 10.2. The van der Waals surface area contributed by atoms with E-state index in [-0.39, 0.29) is 21.2 Å².